The van der Waals surface area contributed by atoms with Gasteiger partial charge in [-0.25, -0.2) is 0 Å². The minimum Gasteiger partial charge on any atom is -0.359 e. The van der Waals surface area contributed by atoms with Crippen LogP contribution in [0.4, 0.5) is 0 Å². The lowest BCUT2D eigenvalue weighted by Gasteiger charge is -2.34. The van der Waals surface area contributed by atoms with Gasteiger partial charge in [-0.1, -0.05) is 60.7 Å². The summed E-state index contributed by atoms with van der Waals surface area (Å²) < 4.78 is 0. The fourth-order valence-electron chi connectivity index (χ4n) is 3.52. The third kappa shape index (κ3) is 3.90. The van der Waals surface area contributed by atoms with Gasteiger partial charge in [0.25, 0.3) is 0 Å². The summed E-state index contributed by atoms with van der Waals surface area (Å²) >= 11 is 0. The summed E-state index contributed by atoms with van der Waals surface area (Å²) in [5.41, 5.74) is 2.01. The number of hydrogen-bond acceptors (Lipinski definition) is 2. The average Bonchev–Trinajstić information content (AvgIpc) is 2.69. The third-order valence-corrected chi connectivity index (χ3v) is 4.94. The van der Waals surface area contributed by atoms with Gasteiger partial charge in [-0.3, -0.25) is 9.59 Å². The summed E-state index contributed by atoms with van der Waals surface area (Å²) in [6.45, 7) is 1.26. The fourth-order valence-corrected chi connectivity index (χ4v) is 3.52. The zero-order chi connectivity index (χ0) is 17.6. The van der Waals surface area contributed by atoms with Crippen LogP contribution in [0.1, 0.15) is 29.9 Å². The molecule has 1 aliphatic heterocycles. The van der Waals surface area contributed by atoms with Crippen LogP contribution >= 0.6 is 0 Å². The van der Waals surface area contributed by atoms with E-state index in [0.29, 0.717) is 13.1 Å². The number of nitrogens with zero attached hydrogens (tertiary/aromatic N) is 1. The maximum atomic E-state index is 13.3. The molecule has 4 nitrogen and oxygen atoms in total. The molecule has 3 rings (SSSR count). The molecule has 0 atom stereocenters. The number of likely N-dealkylation sites (tertiary alicyclic amines) is 1. The van der Waals surface area contributed by atoms with Crippen molar-refractivity contribution in [1.29, 1.82) is 0 Å². The molecule has 0 aromatic heterocycles. The first kappa shape index (κ1) is 17.2. The summed E-state index contributed by atoms with van der Waals surface area (Å²) in [5.74, 6) is -0.0811. The number of carbonyl (C=O) groups is 2. The van der Waals surface area contributed by atoms with E-state index in [-0.39, 0.29) is 23.7 Å². The van der Waals surface area contributed by atoms with Crippen molar-refractivity contribution in [2.45, 2.75) is 18.8 Å². The van der Waals surface area contributed by atoms with Crippen molar-refractivity contribution in [3.8, 4) is 0 Å². The molecule has 0 spiro atoms. The van der Waals surface area contributed by atoms with E-state index >= 15 is 0 Å². The first-order chi connectivity index (χ1) is 12.2. The van der Waals surface area contributed by atoms with Crippen molar-refractivity contribution in [3.05, 3.63) is 71.8 Å². The Morgan fingerprint density at radius 3 is 1.84 bits per heavy atom. The smallest absolute Gasteiger partial charge is 0.234 e. The highest BCUT2D eigenvalue weighted by atomic mass is 16.2. The highest BCUT2D eigenvalue weighted by molar-refractivity contribution is 5.87. The van der Waals surface area contributed by atoms with Gasteiger partial charge in [0.2, 0.25) is 11.8 Å². The topological polar surface area (TPSA) is 49.4 Å². The highest BCUT2D eigenvalue weighted by Gasteiger charge is 2.31. The van der Waals surface area contributed by atoms with Gasteiger partial charge < -0.3 is 10.2 Å². The van der Waals surface area contributed by atoms with E-state index in [1.165, 1.54) is 0 Å². The molecule has 0 bridgehead atoms. The molecule has 1 aliphatic rings. The van der Waals surface area contributed by atoms with Gasteiger partial charge in [-0.05, 0) is 24.0 Å². The molecule has 2 aromatic carbocycles. The van der Waals surface area contributed by atoms with Crippen LogP contribution in [0.15, 0.2) is 60.7 Å². The largest absolute Gasteiger partial charge is 0.359 e. The first-order valence-electron chi connectivity index (χ1n) is 8.81. The van der Waals surface area contributed by atoms with Crippen LogP contribution in [0.25, 0.3) is 0 Å². The SMILES string of the molecule is CNC(=O)C1CCN(C(=O)C(c2ccccc2)c2ccccc2)CC1. The Morgan fingerprint density at radius 1 is 0.920 bits per heavy atom. The zero-order valence-corrected chi connectivity index (χ0v) is 14.5. The van der Waals surface area contributed by atoms with Crippen LogP contribution < -0.4 is 5.32 Å². The second-order valence-corrected chi connectivity index (χ2v) is 6.47. The highest BCUT2D eigenvalue weighted by Crippen LogP contribution is 2.29. The van der Waals surface area contributed by atoms with Crippen molar-refractivity contribution < 1.29 is 9.59 Å². The predicted octanol–water partition coefficient (Wildman–Crippen LogP) is 2.80. The second-order valence-electron chi connectivity index (χ2n) is 6.47. The summed E-state index contributed by atoms with van der Waals surface area (Å²) in [6, 6.07) is 19.8. The van der Waals surface area contributed by atoms with Crippen LogP contribution in [0.5, 0.6) is 0 Å². The lowest BCUT2D eigenvalue weighted by Crippen LogP contribution is -2.44. The van der Waals surface area contributed by atoms with Crippen molar-refractivity contribution in [3.63, 3.8) is 0 Å². The van der Waals surface area contributed by atoms with E-state index in [4.69, 9.17) is 0 Å². The maximum absolute atomic E-state index is 13.3. The normalized spacial score (nSPS) is 15.2. The Balaban J connectivity index is 1.80. The molecule has 1 N–H and O–H groups in total. The molecule has 0 saturated carbocycles. The monoisotopic (exact) mass is 336 g/mol. The van der Waals surface area contributed by atoms with Crippen LogP contribution in [0.2, 0.25) is 0 Å². The number of amides is 2. The van der Waals surface area contributed by atoms with Gasteiger partial charge >= 0.3 is 0 Å². The number of carbonyl (C=O) groups excluding carboxylic acids is 2. The number of rotatable bonds is 4. The van der Waals surface area contributed by atoms with Gasteiger partial charge in [-0.2, -0.15) is 0 Å². The summed E-state index contributed by atoms with van der Waals surface area (Å²) in [6.07, 6.45) is 1.45. The minimum absolute atomic E-state index is 0.0148. The lowest BCUT2D eigenvalue weighted by atomic mass is 9.88. The average molecular weight is 336 g/mol. The lowest BCUT2D eigenvalue weighted by molar-refractivity contribution is -0.136. The van der Waals surface area contributed by atoms with Gasteiger partial charge in [0, 0.05) is 26.1 Å². The Morgan fingerprint density at radius 2 is 1.40 bits per heavy atom. The standard InChI is InChI=1S/C21H24N2O2/c1-22-20(24)18-12-14-23(15-13-18)21(25)19(16-8-4-2-5-9-16)17-10-6-3-7-11-17/h2-11,18-19H,12-15H2,1H3,(H,22,24). The maximum Gasteiger partial charge on any atom is 0.234 e. The van der Waals surface area contributed by atoms with E-state index < -0.39 is 0 Å². The first-order valence-corrected chi connectivity index (χ1v) is 8.81. The van der Waals surface area contributed by atoms with E-state index in [9.17, 15) is 9.59 Å². The van der Waals surface area contributed by atoms with Gasteiger partial charge in [0.1, 0.15) is 0 Å². The number of piperidine rings is 1. The van der Waals surface area contributed by atoms with Gasteiger partial charge in [-0.15, -0.1) is 0 Å². The van der Waals surface area contributed by atoms with Crippen molar-refractivity contribution in [2.24, 2.45) is 5.92 Å². The Labute approximate surface area is 148 Å². The zero-order valence-electron chi connectivity index (χ0n) is 14.5. The van der Waals surface area contributed by atoms with Crippen LogP contribution in [-0.2, 0) is 9.59 Å². The van der Waals surface area contributed by atoms with Gasteiger partial charge in [0.15, 0.2) is 0 Å². The van der Waals surface area contributed by atoms with E-state index in [0.717, 1.165) is 24.0 Å². The predicted molar refractivity (Wildman–Crippen MR) is 98.1 cm³/mol. The van der Waals surface area contributed by atoms with E-state index in [1.807, 2.05) is 65.6 Å². The molecule has 25 heavy (non-hydrogen) atoms. The third-order valence-electron chi connectivity index (χ3n) is 4.94. The molecular weight excluding hydrogens is 312 g/mol. The van der Waals surface area contributed by atoms with Crippen LogP contribution in [-0.4, -0.2) is 36.9 Å². The Bertz CT molecular complexity index is 668. The molecule has 2 aromatic rings. The minimum atomic E-state index is -0.293. The fraction of sp³-hybridized carbons (Fsp3) is 0.333. The molecule has 0 radical (unpaired) electrons. The van der Waals surface area contributed by atoms with Crippen LogP contribution in [0.3, 0.4) is 0 Å². The number of benzene rings is 2. The van der Waals surface area contributed by atoms with Crippen molar-refractivity contribution in [2.75, 3.05) is 20.1 Å². The van der Waals surface area contributed by atoms with Crippen molar-refractivity contribution in [1.82, 2.24) is 10.2 Å². The molecule has 1 fully saturated rings. The summed E-state index contributed by atoms with van der Waals surface area (Å²) in [5, 5.41) is 2.71. The second kappa shape index (κ2) is 7.97. The molecule has 130 valence electrons. The molecule has 0 aliphatic carbocycles. The van der Waals surface area contributed by atoms with E-state index in [1.54, 1.807) is 7.05 Å². The molecule has 1 saturated heterocycles. The Hall–Kier alpha value is -2.62. The number of nitrogens with one attached hydrogen (secondary N) is 1. The Kier molecular flexibility index (Phi) is 5.49. The summed E-state index contributed by atoms with van der Waals surface area (Å²) in [4.78, 5) is 27.0. The van der Waals surface area contributed by atoms with Crippen molar-refractivity contribution >= 4 is 11.8 Å². The van der Waals surface area contributed by atoms with Gasteiger partial charge in [0.05, 0.1) is 5.92 Å². The molecule has 0 unspecified atom stereocenters. The summed E-state index contributed by atoms with van der Waals surface area (Å²) in [7, 11) is 1.67. The van der Waals surface area contributed by atoms with Crippen LogP contribution in [0, 0.1) is 5.92 Å². The van der Waals surface area contributed by atoms with E-state index in [2.05, 4.69) is 5.32 Å². The molecule has 1 heterocycles. The molecule has 2 amide bonds. The molecular formula is C21H24N2O2. The number of hydrogen-bond donors (Lipinski definition) is 1. The molecule has 4 heteroatoms. The quantitative estimate of drug-likeness (QED) is 0.933.